The summed E-state index contributed by atoms with van der Waals surface area (Å²) in [5.41, 5.74) is 2.39. The van der Waals surface area contributed by atoms with Crippen molar-refractivity contribution in [2.24, 2.45) is 0 Å². The van der Waals surface area contributed by atoms with Crippen LogP contribution in [-0.4, -0.2) is 63.3 Å². The normalized spacial score (nSPS) is 10.8. The van der Waals surface area contributed by atoms with Gasteiger partial charge < -0.3 is 20.8 Å². The number of aryl methyl sites for hydroxylation is 2. The number of aromatic nitrogens is 6. The summed E-state index contributed by atoms with van der Waals surface area (Å²) in [5.74, 6) is -2.55. The number of ether oxygens (including phenoxy) is 1. The average molecular weight is 999 g/mol. The number of nitrogens with zero attached hydrogens (tertiary/aromatic N) is 6. The number of hydrogen-bond acceptors (Lipinski definition) is 8. The molecule has 0 aliphatic rings. The summed E-state index contributed by atoms with van der Waals surface area (Å²) in [6.45, 7) is 7.61. The molecule has 12 nitrogen and oxygen atoms in total. The first-order valence-corrected chi connectivity index (χ1v) is 22.4. The number of esters is 1. The standard InChI is InChI=1S/C23H20Cl2FN3O2S.C21H16Cl2FN3O2S.Li.2H2O/c1-3-10-28-13-15(12-27-28)29-20-17(8-9-18(24)19(20)26)21(22(29)25)32-16-7-5-6-14(11-16)23(30)31-4-2;1-2-8-26-11-13(10-25-26)27-18-15(6-7-16(22)17(18)24)19(20(27)23)30-14-5-3-4-12(9-14)21(28)29;;;/h5-9,11-13H,3-4,10H2,1-2H3;3-7,9-11H,2,8H2,1H3,(H,28,29);;2*1H2/q;;+1;;/p-1. The number of carbonyl (C=O) groups is 2. The van der Waals surface area contributed by atoms with Gasteiger partial charge in [-0.1, -0.05) is 95.9 Å². The van der Waals surface area contributed by atoms with Gasteiger partial charge >= 0.3 is 30.8 Å². The summed E-state index contributed by atoms with van der Waals surface area (Å²) in [6, 6.07) is 20.0. The van der Waals surface area contributed by atoms with Crippen LogP contribution in [-0.2, 0) is 17.8 Å². The zero-order chi connectivity index (χ0) is 44.2. The molecule has 4 aromatic carbocycles. The Balaban J connectivity index is 0.000000272. The van der Waals surface area contributed by atoms with Gasteiger partial charge in [0, 0.05) is 46.0 Å². The number of aromatic carboxylic acids is 1. The smallest absolute Gasteiger partial charge is 0.870 e. The third-order valence-corrected chi connectivity index (χ3v) is 13.1. The van der Waals surface area contributed by atoms with Gasteiger partial charge in [-0.25, -0.2) is 18.4 Å². The molecule has 0 bridgehead atoms. The fourth-order valence-electron chi connectivity index (χ4n) is 6.65. The fourth-order valence-corrected chi connectivity index (χ4v) is 9.79. The SMILES string of the molecule is CCCn1cc(-n2c(Cl)c(Sc3cccc(C(=O)O)c3)c3ccc(Cl)c(F)c32)cn1.CCCn1cc(-n2c(Cl)c(Sc3cccc(C(=O)OCC)c3)c3ccc(Cl)c(F)c32)cn1.O.[Li+].[OH-]. The minimum atomic E-state index is -1.02. The number of carbonyl (C=O) groups excluding carboxylic acids is 1. The summed E-state index contributed by atoms with van der Waals surface area (Å²) in [6.07, 6.45) is 8.72. The molecule has 21 heteroatoms. The van der Waals surface area contributed by atoms with Crippen LogP contribution in [0.25, 0.3) is 33.2 Å². The maximum Gasteiger partial charge on any atom is 1.00 e. The van der Waals surface area contributed by atoms with E-state index in [0.717, 1.165) is 30.8 Å². The Morgan fingerprint density at radius 2 is 1.12 bits per heavy atom. The zero-order valence-corrected chi connectivity index (χ0v) is 39.8. The van der Waals surface area contributed by atoms with Gasteiger partial charge in [0.1, 0.15) is 10.3 Å². The summed E-state index contributed by atoms with van der Waals surface area (Å²) >= 11 is 28.3. The fraction of sp³-hybridized carbons (Fsp3) is 0.182. The molecule has 8 rings (SSSR count). The van der Waals surface area contributed by atoms with Crippen LogP contribution in [0.3, 0.4) is 0 Å². The van der Waals surface area contributed by atoms with E-state index in [0.29, 0.717) is 59.3 Å². The molecule has 0 saturated heterocycles. The van der Waals surface area contributed by atoms with E-state index in [1.807, 2.05) is 19.2 Å². The van der Waals surface area contributed by atoms with Gasteiger partial charge in [-0.15, -0.1) is 0 Å². The third kappa shape index (κ3) is 11.2. The predicted molar refractivity (Wildman–Crippen MR) is 248 cm³/mol. The Morgan fingerprint density at radius 1 is 0.692 bits per heavy atom. The second-order valence-corrected chi connectivity index (χ2v) is 17.3. The Bertz CT molecular complexity index is 2980. The molecule has 65 heavy (non-hydrogen) atoms. The first-order chi connectivity index (χ1) is 29.8. The van der Waals surface area contributed by atoms with Gasteiger partial charge in [0.25, 0.3) is 0 Å². The first kappa shape index (κ1) is 53.2. The van der Waals surface area contributed by atoms with E-state index in [1.165, 1.54) is 41.7 Å². The Morgan fingerprint density at radius 3 is 1.54 bits per heavy atom. The molecule has 0 aliphatic heterocycles. The molecule has 0 amide bonds. The van der Waals surface area contributed by atoms with Crippen LogP contribution in [0.1, 0.15) is 54.3 Å². The summed E-state index contributed by atoms with van der Waals surface area (Å²) < 4.78 is 42.1. The number of fused-ring (bicyclic) bond motifs is 2. The number of benzene rings is 4. The molecule has 0 fully saturated rings. The maximum atomic E-state index is 15.2. The van der Waals surface area contributed by atoms with Crippen LogP contribution >= 0.6 is 69.9 Å². The van der Waals surface area contributed by atoms with Crippen molar-refractivity contribution in [1.29, 1.82) is 0 Å². The van der Waals surface area contributed by atoms with Crippen LogP contribution in [0, 0.1) is 11.6 Å². The van der Waals surface area contributed by atoms with E-state index in [2.05, 4.69) is 17.1 Å². The quantitative estimate of drug-likeness (QED) is 0.0873. The molecule has 8 aromatic rings. The molecule has 4 heterocycles. The predicted octanol–water partition coefficient (Wildman–Crippen LogP) is 9.55. The van der Waals surface area contributed by atoms with Crippen molar-refractivity contribution >= 4 is 104 Å². The zero-order valence-electron chi connectivity index (χ0n) is 35.2. The molecule has 0 spiro atoms. The number of halogens is 6. The Kier molecular flexibility index (Phi) is 19.1. The number of rotatable bonds is 13. The van der Waals surface area contributed by atoms with Crippen molar-refractivity contribution in [3.63, 3.8) is 0 Å². The van der Waals surface area contributed by atoms with Crippen molar-refractivity contribution < 1.29 is 58.0 Å². The van der Waals surface area contributed by atoms with E-state index >= 15 is 8.78 Å². The van der Waals surface area contributed by atoms with Gasteiger partial charge in [-0.3, -0.25) is 18.5 Å². The molecule has 0 saturated carbocycles. The van der Waals surface area contributed by atoms with E-state index in [4.69, 9.17) is 51.1 Å². The molecule has 4 aromatic heterocycles. The summed E-state index contributed by atoms with van der Waals surface area (Å²) in [4.78, 5) is 26.1. The molecule has 336 valence electrons. The molecule has 0 radical (unpaired) electrons. The van der Waals surface area contributed by atoms with Crippen molar-refractivity contribution in [2.45, 2.75) is 66.3 Å². The second kappa shape index (κ2) is 23.3. The van der Waals surface area contributed by atoms with Crippen molar-refractivity contribution in [1.82, 2.24) is 28.7 Å². The van der Waals surface area contributed by atoms with Crippen molar-refractivity contribution in [2.75, 3.05) is 6.61 Å². The first-order valence-electron chi connectivity index (χ1n) is 19.2. The Labute approximate surface area is 412 Å². The van der Waals surface area contributed by atoms with Gasteiger partial charge in [-0.05, 0) is 80.4 Å². The largest absolute Gasteiger partial charge is 1.00 e. The van der Waals surface area contributed by atoms with Gasteiger partial charge in [0.05, 0.1) is 72.4 Å². The summed E-state index contributed by atoms with van der Waals surface area (Å²) in [5, 5.41) is 19.7. The van der Waals surface area contributed by atoms with Crippen LogP contribution in [0.15, 0.2) is 117 Å². The summed E-state index contributed by atoms with van der Waals surface area (Å²) in [7, 11) is 0. The van der Waals surface area contributed by atoms with Crippen LogP contribution in [0.2, 0.25) is 20.4 Å². The Hall–Kier alpha value is -4.44. The molecular formula is C44H39Cl4F2LiN6O6S2. The van der Waals surface area contributed by atoms with E-state index < -0.39 is 23.6 Å². The maximum absolute atomic E-state index is 15.2. The van der Waals surface area contributed by atoms with Gasteiger partial charge in [0.2, 0.25) is 0 Å². The molecular weight excluding hydrogens is 959 g/mol. The average Bonchev–Trinajstić information content (AvgIpc) is 4.04. The molecule has 0 atom stereocenters. The second-order valence-electron chi connectivity index (χ2n) is 13.6. The topological polar surface area (TPSA) is 171 Å². The monoisotopic (exact) mass is 996 g/mol. The van der Waals surface area contributed by atoms with Gasteiger partial charge in [0.15, 0.2) is 11.6 Å². The minimum Gasteiger partial charge on any atom is -0.870 e. The number of hydrogen-bond donors (Lipinski definition) is 1. The van der Waals surface area contributed by atoms with Crippen molar-refractivity contribution in [3.8, 4) is 11.4 Å². The van der Waals surface area contributed by atoms with Crippen molar-refractivity contribution in [3.05, 3.63) is 141 Å². The van der Waals surface area contributed by atoms with E-state index in [9.17, 15) is 14.7 Å². The third-order valence-electron chi connectivity index (χ3n) is 9.37. The minimum absolute atomic E-state index is 0. The van der Waals surface area contributed by atoms with Crippen LogP contribution < -0.4 is 18.9 Å². The molecule has 0 aliphatic carbocycles. The van der Waals surface area contributed by atoms with E-state index in [1.54, 1.807) is 92.5 Å². The van der Waals surface area contributed by atoms with Crippen LogP contribution in [0.4, 0.5) is 8.78 Å². The molecule has 4 N–H and O–H groups in total. The van der Waals surface area contributed by atoms with E-state index in [-0.39, 0.29) is 56.5 Å². The van der Waals surface area contributed by atoms with Gasteiger partial charge in [-0.2, -0.15) is 10.2 Å². The molecule has 0 unspecified atom stereocenters. The number of carboxylic acid groups (broad SMARTS) is 1. The van der Waals surface area contributed by atoms with Crippen LogP contribution in [0.5, 0.6) is 0 Å². The number of carboxylic acids is 1.